The van der Waals surface area contributed by atoms with Crippen LogP contribution in [0, 0.1) is 0 Å². The van der Waals surface area contributed by atoms with Crippen molar-refractivity contribution in [2.45, 2.75) is 26.0 Å². The summed E-state index contributed by atoms with van der Waals surface area (Å²) >= 11 is 1.67. The molecule has 0 spiro atoms. The molecular weight excluding hydrogens is 210 g/mol. The van der Waals surface area contributed by atoms with E-state index in [4.69, 9.17) is 10.5 Å². The summed E-state index contributed by atoms with van der Waals surface area (Å²) in [5.41, 5.74) is 6.53. The van der Waals surface area contributed by atoms with E-state index >= 15 is 0 Å². The molecule has 4 nitrogen and oxygen atoms in total. The number of aromatic nitrogens is 1. The summed E-state index contributed by atoms with van der Waals surface area (Å²) in [7, 11) is 0. The third-order valence-corrected chi connectivity index (χ3v) is 3.42. The molecule has 2 N–H and O–H groups in total. The second-order valence-electron chi connectivity index (χ2n) is 3.81. The van der Waals surface area contributed by atoms with Gasteiger partial charge in [-0.1, -0.05) is 0 Å². The van der Waals surface area contributed by atoms with Crippen molar-refractivity contribution in [2.24, 2.45) is 5.73 Å². The van der Waals surface area contributed by atoms with E-state index in [1.54, 1.807) is 11.3 Å². The van der Waals surface area contributed by atoms with Crippen LogP contribution >= 0.6 is 11.3 Å². The average Bonchev–Trinajstić information content (AvgIpc) is 2.61. The summed E-state index contributed by atoms with van der Waals surface area (Å²) in [5.74, 6) is 0. The van der Waals surface area contributed by atoms with Gasteiger partial charge in [-0.25, -0.2) is 4.98 Å². The molecule has 5 heteroatoms. The zero-order chi connectivity index (χ0) is 10.7. The fraction of sp³-hybridized carbons (Fsp3) is 0.700. The van der Waals surface area contributed by atoms with E-state index in [2.05, 4.69) is 16.8 Å². The van der Waals surface area contributed by atoms with Gasteiger partial charge in [0.05, 0.1) is 11.8 Å². The first kappa shape index (κ1) is 10.9. The van der Waals surface area contributed by atoms with Gasteiger partial charge in [0.2, 0.25) is 0 Å². The highest BCUT2D eigenvalue weighted by Gasteiger charge is 2.17. The lowest BCUT2D eigenvalue weighted by Crippen LogP contribution is -2.30. The maximum atomic E-state index is 5.60. The lowest BCUT2D eigenvalue weighted by atomic mass is 10.4. The Bertz CT molecular complexity index is 315. The Morgan fingerprint density at radius 2 is 2.60 bits per heavy atom. The Kier molecular flexibility index (Phi) is 3.56. The van der Waals surface area contributed by atoms with Gasteiger partial charge in [-0.15, -0.1) is 11.3 Å². The van der Waals surface area contributed by atoms with Gasteiger partial charge in [0, 0.05) is 31.6 Å². The number of nitrogens with zero attached hydrogens (tertiary/aromatic N) is 2. The molecule has 0 saturated carbocycles. The molecule has 0 radical (unpaired) electrons. The molecule has 1 unspecified atom stereocenters. The average molecular weight is 227 g/mol. The van der Waals surface area contributed by atoms with E-state index in [0.29, 0.717) is 6.54 Å². The van der Waals surface area contributed by atoms with Crippen LogP contribution in [0.5, 0.6) is 0 Å². The highest BCUT2D eigenvalue weighted by Crippen LogP contribution is 2.22. The van der Waals surface area contributed by atoms with E-state index < -0.39 is 0 Å². The molecule has 1 atom stereocenters. The van der Waals surface area contributed by atoms with Crippen LogP contribution in [0.1, 0.15) is 19.0 Å². The van der Waals surface area contributed by atoms with Crippen LogP contribution in [-0.2, 0) is 11.3 Å². The third-order valence-electron chi connectivity index (χ3n) is 2.47. The molecule has 1 fully saturated rings. The Balaban J connectivity index is 2.07. The minimum Gasteiger partial charge on any atom is -0.377 e. The van der Waals surface area contributed by atoms with E-state index in [-0.39, 0.29) is 6.10 Å². The molecule has 0 amide bonds. The van der Waals surface area contributed by atoms with E-state index in [1.807, 2.05) is 5.38 Å². The fourth-order valence-electron chi connectivity index (χ4n) is 1.70. The molecule has 15 heavy (non-hydrogen) atoms. The van der Waals surface area contributed by atoms with Gasteiger partial charge >= 0.3 is 0 Å². The van der Waals surface area contributed by atoms with Crippen molar-refractivity contribution in [2.75, 3.05) is 24.6 Å². The number of hydrogen-bond donors (Lipinski definition) is 1. The number of thiazole rings is 1. The number of anilines is 1. The molecule has 1 aromatic heterocycles. The molecule has 2 rings (SSSR count). The minimum atomic E-state index is 0.290. The molecule has 0 bridgehead atoms. The molecule has 1 aliphatic heterocycles. The summed E-state index contributed by atoms with van der Waals surface area (Å²) in [5, 5.41) is 3.11. The van der Waals surface area contributed by atoms with Crippen LogP contribution < -0.4 is 10.6 Å². The first-order valence-corrected chi connectivity index (χ1v) is 6.18. The van der Waals surface area contributed by atoms with E-state index in [9.17, 15) is 0 Å². The Morgan fingerprint density at radius 3 is 3.33 bits per heavy atom. The summed E-state index contributed by atoms with van der Waals surface area (Å²) in [6, 6.07) is 0. The van der Waals surface area contributed by atoms with Gasteiger partial charge in [0.25, 0.3) is 0 Å². The van der Waals surface area contributed by atoms with Crippen LogP contribution in [0.15, 0.2) is 5.38 Å². The largest absolute Gasteiger partial charge is 0.377 e. The van der Waals surface area contributed by atoms with Crippen LogP contribution in [0.25, 0.3) is 0 Å². The van der Waals surface area contributed by atoms with Crippen molar-refractivity contribution in [3.8, 4) is 0 Å². The highest BCUT2D eigenvalue weighted by molar-refractivity contribution is 7.13. The zero-order valence-corrected chi connectivity index (χ0v) is 9.80. The molecular formula is C10H17N3OS. The zero-order valence-electron chi connectivity index (χ0n) is 8.98. The van der Waals surface area contributed by atoms with Crippen molar-refractivity contribution >= 4 is 16.5 Å². The van der Waals surface area contributed by atoms with E-state index in [0.717, 1.165) is 36.9 Å². The monoisotopic (exact) mass is 227 g/mol. The lowest BCUT2D eigenvalue weighted by molar-refractivity contribution is 0.0821. The topological polar surface area (TPSA) is 51.4 Å². The predicted octanol–water partition coefficient (Wildman–Crippen LogP) is 1.22. The molecule has 0 aromatic carbocycles. The van der Waals surface area contributed by atoms with Gasteiger partial charge in [0.15, 0.2) is 5.13 Å². The Hall–Kier alpha value is -0.650. The van der Waals surface area contributed by atoms with Crippen LogP contribution in [0.3, 0.4) is 0 Å². The summed E-state index contributed by atoms with van der Waals surface area (Å²) in [6.45, 7) is 5.44. The predicted molar refractivity (Wildman–Crippen MR) is 62.2 cm³/mol. The van der Waals surface area contributed by atoms with Gasteiger partial charge in [-0.05, 0) is 13.3 Å². The van der Waals surface area contributed by atoms with Gasteiger partial charge in [-0.3, -0.25) is 0 Å². The summed E-state index contributed by atoms with van der Waals surface area (Å²) in [6.07, 6.45) is 1.36. The fourth-order valence-corrected chi connectivity index (χ4v) is 2.58. The quantitative estimate of drug-likeness (QED) is 0.825. The van der Waals surface area contributed by atoms with Crippen molar-refractivity contribution < 1.29 is 4.74 Å². The summed E-state index contributed by atoms with van der Waals surface area (Å²) < 4.78 is 5.60. The standard InChI is InChI=1S/C10H17N3OS/c1-8-6-13(3-2-4-14-8)10-12-9(5-11)7-15-10/h7-8H,2-6,11H2,1H3. The number of nitrogens with two attached hydrogens (primary N) is 1. The minimum absolute atomic E-state index is 0.290. The SMILES string of the molecule is CC1CN(c2nc(CN)cs2)CCCO1. The van der Waals surface area contributed by atoms with Crippen LogP contribution in [0.4, 0.5) is 5.13 Å². The first-order valence-electron chi connectivity index (χ1n) is 5.30. The smallest absolute Gasteiger partial charge is 0.185 e. The van der Waals surface area contributed by atoms with Gasteiger partial charge in [-0.2, -0.15) is 0 Å². The molecule has 2 heterocycles. The molecule has 84 valence electrons. The summed E-state index contributed by atoms with van der Waals surface area (Å²) in [4.78, 5) is 6.79. The molecule has 0 aliphatic carbocycles. The van der Waals surface area contributed by atoms with E-state index in [1.165, 1.54) is 0 Å². The second kappa shape index (κ2) is 4.92. The van der Waals surface area contributed by atoms with Crippen molar-refractivity contribution in [3.63, 3.8) is 0 Å². The second-order valence-corrected chi connectivity index (χ2v) is 4.64. The highest BCUT2D eigenvalue weighted by atomic mass is 32.1. The number of ether oxygens (including phenoxy) is 1. The third kappa shape index (κ3) is 2.68. The van der Waals surface area contributed by atoms with Crippen molar-refractivity contribution in [1.82, 2.24) is 4.98 Å². The molecule has 1 saturated heterocycles. The maximum absolute atomic E-state index is 5.60. The van der Waals surface area contributed by atoms with Crippen LogP contribution in [0.2, 0.25) is 0 Å². The molecule has 1 aliphatic rings. The Labute approximate surface area is 94.1 Å². The molecule has 1 aromatic rings. The lowest BCUT2D eigenvalue weighted by Gasteiger charge is -2.20. The van der Waals surface area contributed by atoms with Crippen molar-refractivity contribution in [3.05, 3.63) is 11.1 Å². The van der Waals surface area contributed by atoms with Gasteiger partial charge < -0.3 is 15.4 Å². The maximum Gasteiger partial charge on any atom is 0.185 e. The van der Waals surface area contributed by atoms with Crippen molar-refractivity contribution in [1.29, 1.82) is 0 Å². The number of hydrogen-bond acceptors (Lipinski definition) is 5. The first-order chi connectivity index (χ1) is 7.29. The number of rotatable bonds is 2. The van der Waals surface area contributed by atoms with Crippen LogP contribution in [-0.4, -0.2) is 30.8 Å². The normalized spacial score (nSPS) is 22.8. The van der Waals surface area contributed by atoms with Gasteiger partial charge in [0.1, 0.15) is 0 Å². The Morgan fingerprint density at radius 1 is 1.73 bits per heavy atom.